The zero-order valence-corrected chi connectivity index (χ0v) is 13.8. The molecule has 0 bridgehead atoms. The van der Waals surface area contributed by atoms with Gasteiger partial charge < -0.3 is 14.8 Å². The molecule has 0 unspecified atom stereocenters. The van der Waals surface area contributed by atoms with E-state index >= 15 is 0 Å². The molecule has 1 heterocycles. The fourth-order valence-corrected chi connectivity index (χ4v) is 2.89. The highest BCUT2D eigenvalue weighted by atomic mass is 19.1. The molecule has 0 aromatic heterocycles. The van der Waals surface area contributed by atoms with Crippen molar-refractivity contribution in [3.8, 4) is 11.5 Å². The second kappa shape index (κ2) is 6.91. The molecule has 0 saturated heterocycles. The molecule has 24 heavy (non-hydrogen) atoms. The molecule has 0 aliphatic carbocycles. The summed E-state index contributed by atoms with van der Waals surface area (Å²) in [7, 11) is 1.39. The molecule has 0 fully saturated rings. The summed E-state index contributed by atoms with van der Waals surface area (Å²) in [6.07, 6.45) is 1.63. The van der Waals surface area contributed by atoms with Crippen molar-refractivity contribution in [1.29, 1.82) is 0 Å². The monoisotopic (exact) mass is 329 g/mol. The second-order valence-electron chi connectivity index (χ2n) is 5.97. The smallest absolute Gasteiger partial charge is 0.251 e. The number of methoxy groups -OCH3 is 1. The van der Waals surface area contributed by atoms with Gasteiger partial charge in [-0.1, -0.05) is 12.1 Å². The SMILES string of the molecule is COc1ccc(C(=O)N[C@@H](C)Cc2ccc3c(c2)CCO3)cc1F. The fraction of sp³-hybridized carbons (Fsp3) is 0.316. The van der Waals surface area contributed by atoms with Gasteiger partial charge in [0.25, 0.3) is 5.91 Å². The van der Waals surface area contributed by atoms with E-state index in [0.717, 1.165) is 24.3 Å². The van der Waals surface area contributed by atoms with E-state index < -0.39 is 5.82 Å². The van der Waals surface area contributed by atoms with Crippen molar-refractivity contribution >= 4 is 5.91 Å². The van der Waals surface area contributed by atoms with Crippen LogP contribution in [0.15, 0.2) is 36.4 Å². The van der Waals surface area contributed by atoms with Crippen LogP contribution in [-0.2, 0) is 12.8 Å². The van der Waals surface area contributed by atoms with Crippen molar-refractivity contribution in [2.24, 2.45) is 0 Å². The minimum Gasteiger partial charge on any atom is -0.494 e. The summed E-state index contributed by atoms with van der Waals surface area (Å²) in [6, 6.07) is 10.2. The van der Waals surface area contributed by atoms with Gasteiger partial charge in [-0.25, -0.2) is 4.39 Å². The number of hydrogen-bond donors (Lipinski definition) is 1. The van der Waals surface area contributed by atoms with E-state index in [4.69, 9.17) is 9.47 Å². The normalized spacial score (nSPS) is 13.8. The maximum absolute atomic E-state index is 13.7. The Morgan fingerprint density at radius 3 is 2.92 bits per heavy atom. The Morgan fingerprint density at radius 2 is 2.17 bits per heavy atom. The molecule has 0 saturated carbocycles. The molecule has 2 aromatic carbocycles. The van der Waals surface area contributed by atoms with Crippen LogP contribution < -0.4 is 14.8 Å². The zero-order valence-electron chi connectivity index (χ0n) is 13.8. The largest absolute Gasteiger partial charge is 0.494 e. The Kier molecular flexibility index (Phi) is 4.69. The van der Waals surface area contributed by atoms with Crippen molar-refractivity contribution < 1.29 is 18.7 Å². The van der Waals surface area contributed by atoms with E-state index in [9.17, 15) is 9.18 Å². The second-order valence-corrected chi connectivity index (χ2v) is 5.97. The van der Waals surface area contributed by atoms with Gasteiger partial charge in [0.05, 0.1) is 13.7 Å². The van der Waals surface area contributed by atoms with Crippen molar-refractivity contribution in [3.05, 3.63) is 58.9 Å². The molecule has 0 radical (unpaired) electrons. The highest BCUT2D eigenvalue weighted by Crippen LogP contribution is 2.26. The minimum absolute atomic E-state index is 0.0666. The van der Waals surface area contributed by atoms with Crippen LogP contribution in [0.4, 0.5) is 4.39 Å². The van der Waals surface area contributed by atoms with Crippen LogP contribution in [0.3, 0.4) is 0 Å². The number of amides is 1. The molecular formula is C19H20FNO3. The zero-order chi connectivity index (χ0) is 17.1. The van der Waals surface area contributed by atoms with Gasteiger partial charge >= 0.3 is 0 Å². The molecule has 1 aliphatic heterocycles. The number of carbonyl (C=O) groups excluding carboxylic acids is 1. The summed E-state index contributed by atoms with van der Waals surface area (Å²) in [6.45, 7) is 2.66. The van der Waals surface area contributed by atoms with E-state index in [0.29, 0.717) is 6.42 Å². The van der Waals surface area contributed by atoms with Gasteiger partial charge in [0.2, 0.25) is 0 Å². The Hall–Kier alpha value is -2.56. The Morgan fingerprint density at radius 1 is 1.33 bits per heavy atom. The van der Waals surface area contributed by atoms with Crippen LogP contribution >= 0.6 is 0 Å². The number of halogens is 1. The van der Waals surface area contributed by atoms with Gasteiger partial charge in [-0.3, -0.25) is 4.79 Å². The average Bonchev–Trinajstić information content (AvgIpc) is 3.02. The van der Waals surface area contributed by atoms with Crippen molar-refractivity contribution in [2.75, 3.05) is 13.7 Å². The third-order valence-electron chi connectivity index (χ3n) is 4.09. The van der Waals surface area contributed by atoms with Gasteiger partial charge in [-0.05, 0) is 48.7 Å². The molecule has 126 valence electrons. The summed E-state index contributed by atoms with van der Waals surface area (Å²) in [4.78, 5) is 12.2. The van der Waals surface area contributed by atoms with Gasteiger partial charge in [0, 0.05) is 18.0 Å². The molecule has 1 atom stereocenters. The molecule has 2 aromatic rings. The van der Waals surface area contributed by atoms with Gasteiger partial charge in [0.1, 0.15) is 5.75 Å². The molecule has 1 N–H and O–H groups in total. The maximum Gasteiger partial charge on any atom is 0.251 e. The third-order valence-corrected chi connectivity index (χ3v) is 4.09. The number of ether oxygens (including phenoxy) is 2. The lowest BCUT2D eigenvalue weighted by Gasteiger charge is -2.15. The number of carbonyl (C=O) groups is 1. The van der Waals surface area contributed by atoms with Gasteiger partial charge in [-0.2, -0.15) is 0 Å². The number of nitrogens with one attached hydrogen (secondary N) is 1. The number of rotatable bonds is 5. The molecule has 3 rings (SSSR count). The lowest BCUT2D eigenvalue weighted by atomic mass is 10.0. The first-order valence-electron chi connectivity index (χ1n) is 7.96. The summed E-state index contributed by atoms with van der Waals surface area (Å²) >= 11 is 0. The Labute approximate surface area is 140 Å². The van der Waals surface area contributed by atoms with Crippen molar-refractivity contribution in [1.82, 2.24) is 5.32 Å². The van der Waals surface area contributed by atoms with E-state index in [1.165, 1.54) is 24.8 Å². The van der Waals surface area contributed by atoms with Gasteiger partial charge in [-0.15, -0.1) is 0 Å². The molecule has 1 amide bonds. The lowest BCUT2D eigenvalue weighted by Crippen LogP contribution is -2.34. The summed E-state index contributed by atoms with van der Waals surface area (Å²) in [5.74, 6) is 0.231. The molecule has 1 aliphatic rings. The average molecular weight is 329 g/mol. The first-order valence-corrected chi connectivity index (χ1v) is 7.96. The molecule has 4 nitrogen and oxygen atoms in total. The number of fused-ring (bicyclic) bond motifs is 1. The molecule has 5 heteroatoms. The first kappa shape index (κ1) is 16.3. The minimum atomic E-state index is -0.545. The predicted molar refractivity (Wildman–Crippen MR) is 89.2 cm³/mol. The maximum atomic E-state index is 13.7. The van der Waals surface area contributed by atoms with Crippen LogP contribution in [0, 0.1) is 5.82 Å². The van der Waals surface area contributed by atoms with E-state index in [1.54, 1.807) is 6.07 Å². The number of hydrogen-bond acceptors (Lipinski definition) is 3. The highest BCUT2D eigenvalue weighted by Gasteiger charge is 2.15. The Balaban J connectivity index is 1.63. The van der Waals surface area contributed by atoms with Crippen molar-refractivity contribution in [3.63, 3.8) is 0 Å². The fourth-order valence-electron chi connectivity index (χ4n) is 2.89. The third kappa shape index (κ3) is 3.50. The topological polar surface area (TPSA) is 47.6 Å². The van der Waals surface area contributed by atoms with Crippen LogP contribution in [0.1, 0.15) is 28.4 Å². The first-order chi connectivity index (χ1) is 11.6. The number of benzene rings is 2. The summed E-state index contributed by atoms with van der Waals surface area (Å²) < 4.78 is 24.1. The van der Waals surface area contributed by atoms with E-state index in [1.807, 2.05) is 19.1 Å². The van der Waals surface area contributed by atoms with Crippen LogP contribution in [-0.4, -0.2) is 25.7 Å². The van der Waals surface area contributed by atoms with E-state index in [2.05, 4.69) is 11.4 Å². The molecule has 0 spiro atoms. The summed E-state index contributed by atoms with van der Waals surface area (Å²) in [5, 5.41) is 2.90. The lowest BCUT2D eigenvalue weighted by molar-refractivity contribution is 0.0939. The van der Waals surface area contributed by atoms with Gasteiger partial charge in [0.15, 0.2) is 11.6 Å². The quantitative estimate of drug-likeness (QED) is 0.917. The highest BCUT2D eigenvalue weighted by molar-refractivity contribution is 5.94. The van der Waals surface area contributed by atoms with Crippen LogP contribution in [0.25, 0.3) is 0 Å². The van der Waals surface area contributed by atoms with Crippen LogP contribution in [0.2, 0.25) is 0 Å². The summed E-state index contributed by atoms with van der Waals surface area (Å²) in [5.41, 5.74) is 2.64. The predicted octanol–water partition coefficient (Wildman–Crippen LogP) is 3.13. The van der Waals surface area contributed by atoms with Crippen molar-refractivity contribution in [2.45, 2.75) is 25.8 Å². The molecular weight excluding hydrogens is 309 g/mol. The van der Waals surface area contributed by atoms with E-state index in [-0.39, 0.29) is 23.3 Å². The van der Waals surface area contributed by atoms with Crippen LogP contribution in [0.5, 0.6) is 11.5 Å². The Bertz CT molecular complexity index is 760. The standard InChI is InChI=1S/C19H20FNO3/c1-12(9-13-3-5-17-14(10-13)7-8-24-17)21-19(22)15-4-6-18(23-2)16(20)11-15/h3-6,10-12H,7-9H2,1-2H3,(H,21,22)/t12-/m0/s1.